The average Bonchev–Trinajstić information content (AvgIpc) is 3.09. The highest BCUT2D eigenvalue weighted by Crippen LogP contribution is 2.42. The number of aromatic nitrogens is 1. The van der Waals surface area contributed by atoms with Crippen molar-refractivity contribution >= 4 is 11.6 Å². The Labute approximate surface area is 195 Å². The normalized spacial score (nSPS) is 18.5. The lowest BCUT2D eigenvalue weighted by atomic mass is 9.85. The van der Waals surface area contributed by atoms with Crippen molar-refractivity contribution in [3.63, 3.8) is 0 Å². The van der Waals surface area contributed by atoms with Gasteiger partial charge in [-0.2, -0.15) is 0 Å². The number of hydrogen-bond donors (Lipinski definition) is 0. The van der Waals surface area contributed by atoms with Gasteiger partial charge in [-0.3, -0.25) is 24.4 Å². The fourth-order valence-electron chi connectivity index (χ4n) is 5.12. The molecule has 0 spiro atoms. The van der Waals surface area contributed by atoms with Gasteiger partial charge in [0.05, 0.1) is 5.69 Å². The van der Waals surface area contributed by atoms with Gasteiger partial charge in [0.25, 0.3) is 0 Å². The lowest BCUT2D eigenvalue weighted by Crippen LogP contribution is -2.60. The standard InChI is InChI=1S/C28H29N3O2/c1-3-22-7-6-10-25(29-22)28(26(32)23-8-4-5-9-24(23)27(28)33)31-17-15-30(16-18-31)19-21-13-11-20(2)12-14-21/h4-14H,3,15-19H2,1-2H3. The molecule has 2 heterocycles. The van der Waals surface area contributed by atoms with Crippen LogP contribution in [0.4, 0.5) is 0 Å². The Morgan fingerprint density at radius 1 is 0.818 bits per heavy atom. The summed E-state index contributed by atoms with van der Waals surface area (Å²) in [6.45, 7) is 7.85. The molecular formula is C28H29N3O2. The topological polar surface area (TPSA) is 53.5 Å². The Morgan fingerprint density at radius 3 is 2.06 bits per heavy atom. The molecule has 1 aromatic heterocycles. The zero-order valence-corrected chi connectivity index (χ0v) is 19.3. The zero-order valence-electron chi connectivity index (χ0n) is 19.3. The summed E-state index contributed by atoms with van der Waals surface area (Å²) < 4.78 is 0. The maximum Gasteiger partial charge on any atom is 0.198 e. The number of hydrogen-bond acceptors (Lipinski definition) is 5. The first-order valence-corrected chi connectivity index (χ1v) is 11.7. The van der Waals surface area contributed by atoms with Crippen LogP contribution < -0.4 is 0 Å². The van der Waals surface area contributed by atoms with E-state index in [1.807, 2.05) is 37.3 Å². The fourth-order valence-corrected chi connectivity index (χ4v) is 5.12. The van der Waals surface area contributed by atoms with E-state index in [2.05, 4.69) is 41.0 Å². The van der Waals surface area contributed by atoms with Crippen molar-refractivity contribution in [2.45, 2.75) is 32.4 Å². The van der Waals surface area contributed by atoms with Crippen LogP contribution in [0.3, 0.4) is 0 Å². The van der Waals surface area contributed by atoms with E-state index < -0.39 is 5.54 Å². The van der Waals surface area contributed by atoms with Crippen LogP contribution in [0.25, 0.3) is 0 Å². The number of Topliss-reactive ketones (excluding diaryl/α,β-unsaturated/α-hetero) is 2. The number of fused-ring (bicyclic) bond motifs is 1. The van der Waals surface area contributed by atoms with Gasteiger partial charge in [-0.25, -0.2) is 0 Å². The van der Waals surface area contributed by atoms with Crippen molar-refractivity contribution in [3.05, 3.63) is 100 Å². The highest BCUT2D eigenvalue weighted by molar-refractivity contribution is 6.32. The molecule has 2 aliphatic rings. The summed E-state index contributed by atoms with van der Waals surface area (Å²) in [7, 11) is 0. The number of aryl methyl sites for hydroxylation is 2. The summed E-state index contributed by atoms with van der Waals surface area (Å²) in [6, 6.07) is 21.5. The van der Waals surface area contributed by atoms with Crippen LogP contribution >= 0.6 is 0 Å². The summed E-state index contributed by atoms with van der Waals surface area (Å²) in [5.41, 5.74) is 3.62. The molecule has 0 unspecified atom stereocenters. The second-order valence-corrected chi connectivity index (χ2v) is 9.03. The lowest BCUT2D eigenvalue weighted by Gasteiger charge is -2.43. The van der Waals surface area contributed by atoms with E-state index in [9.17, 15) is 9.59 Å². The largest absolute Gasteiger partial charge is 0.297 e. The first kappa shape index (κ1) is 21.7. The molecule has 3 aromatic rings. The average molecular weight is 440 g/mol. The van der Waals surface area contributed by atoms with Gasteiger partial charge in [-0.1, -0.05) is 67.1 Å². The Balaban J connectivity index is 1.47. The third-order valence-electron chi connectivity index (χ3n) is 6.99. The van der Waals surface area contributed by atoms with E-state index in [0.717, 1.165) is 31.7 Å². The van der Waals surface area contributed by atoms with Crippen LogP contribution in [0.5, 0.6) is 0 Å². The maximum atomic E-state index is 13.9. The number of nitrogens with zero attached hydrogens (tertiary/aromatic N) is 3. The molecule has 0 bridgehead atoms. The number of rotatable bonds is 5. The molecule has 0 atom stereocenters. The van der Waals surface area contributed by atoms with E-state index in [1.54, 1.807) is 12.1 Å². The van der Waals surface area contributed by atoms with Crippen molar-refractivity contribution in [1.29, 1.82) is 0 Å². The van der Waals surface area contributed by atoms with Crippen molar-refractivity contribution in [2.75, 3.05) is 26.2 Å². The van der Waals surface area contributed by atoms with E-state index >= 15 is 0 Å². The van der Waals surface area contributed by atoms with E-state index in [0.29, 0.717) is 29.9 Å². The van der Waals surface area contributed by atoms with Crippen molar-refractivity contribution in [2.24, 2.45) is 0 Å². The Morgan fingerprint density at radius 2 is 1.45 bits per heavy atom. The predicted molar refractivity (Wildman–Crippen MR) is 128 cm³/mol. The number of ketones is 2. The smallest absolute Gasteiger partial charge is 0.198 e. The Kier molecular flexibility index (Phi) is 5.69. The van der Waals surface area contributed by atoms with E-state index in [4.69, 9.17) is 4.98 Å². The minimum Gasteiger partial charge on any atom is -0.297 e. The molecule has 1 aliphatic carbocycles. The van der Waals surface area contributed by atoms with Crippen molar-refractivity contribution in [1.82, 2.24) is 14.8 Å². The zero-order chi connectivity index (χ0) is 23.0. The molecule has 1 saturated heterocycles. The van der Waals surface area contributed by atoms with Crippen LogP contribution in [0.15, 0.2) is 66.7 Å². The highest BCUT2D eigenvalue weighted by Gasteiger charge is 2.59. The number of carbonyl (C=O) groups excluding carboxylic acids is 2. The van der Waals surface area contributed by atoms with Gasteiger partial charge < -0.3 is 0 Å². The fraction of sp³-hybridized carbons (Fsp3) is 0.321. The summed E-state index contributed by atoms with van der Waals surface area (Å²) in [6.07, 6.45) is 0.754. The maximum absolute atomic E-state index is 13.9. The molecule has 5 rings (SSSR count). The minimum atomic E-state index is -1.37. The molecule has 0 radical (unpaired) electrons. The molecular weight excluding hydrogens is 410 g/mol. The van der Waals surface area contributed by atoms with E-state index in [1.165, 1.54) is 11.1 Å². The first-order chi connectivity index (χ1) is 16.0. The number of benzene rings is 2. The van der Waals surface area contributed by atoms with Crippen LogP contribution in [-0.4, -0.2) is 52.5 Å². The van der Waals surface area contributed by atoms with E-state index in [-0.39, 0.29) is 11.6 Å². The molecule has 0 amide bonds. The molecule has 1 fully saturated rings. The molecule has 0 saturated carbocycles. The summed E-state index contributed by atoms with van der Waals surface area (Å²) in [5, 5.41) is 0. The van der Waals surface area contributed by atoms with Gasteiger partial charge in [0.15, 0.2) is 17.1 Å². The van der Waals surface area contributed by atoms with Crippen LogP contribution in [0.1, 0.15) is 50.2 Å². The highest BCUT2D eigenvalue weighted by atomic mass is 16.2. The molecule has 1 aliphatic heterocycles. The van der Waals surface area contributed by atoms with Gasteiger partial charge in [0, 0.05) is 49.5 Å². The molecule has 0 N–H and O–H groups in total. The number of piperazine rings is 1. The third kappa shape index (κ3) is 3.62. The third-order valence-corrected chi connectivity index (χ3v) is 6.99. The Hall–Kier alpha value is -3.15. The van der Waals surface area contributed by atoms with Crippen molar-refractivity contribution < 1.29 is 9.59 Å². The number of pyridine rings is 1. The molecule has 5 heteroatoms. The lowest BCUT2D eigenvalue weighted by molar-refractivity contribution is 0.0266. The first-order valence-electron chi connectivity index (χ1n) is 11.7. The summed E-state index contributed by atoms with van der Waals surface area (Å²) >= 11 is 0. The molecule has 33 heavy (non-hydrogen) atoms. The van der Waals surface area contributed by atoms with Crippen LogP contribution in [-0.2, 0) is 18.5 Å². The molecule has 5 nitrogen and oxygen atoms in total. The minimum absolute atomic E-state index is 0.143. The Bertz CT molecular complexity index is 1160. The monoisotopic (exact) mass is 439 g/mol. The van der Waals surface area contributed by atoms with Crippen molar-refractivity contribution in [3.8, 4) is 0 Å². The van der Waals surface area contributed by atoms with Crippen LogP contribution in [0.2, 0.25) is 0 Å². The molecule has 2 aromatic carbocycles. The SMILES string of the molecule is CCc1cccc(C2(N3CCN(Cc4ccc(C)cc4)CC3)C(=O)c3ccccc3C2=O)n1. The molecule has 168 valence electrons. The van der Waals surface area contributed by atoms with Gasteiger partial charge in [0.2, 0.25) is 0 Å². The van der Waals surface area contributed by atoms with Crippen LogP contribution in [0, 0.1) is 6.92 Å². The quantitative estimate of drug-likeness (QED) is 0.562. The van der Waals surface area contributed by atoms with Gasteiger partial charge in [-0.15, -0.1) is 0 Å². The second kappa shape index (κ2) is 8.65. The van der Waals surface area contributed by atoms with Gasteiger partial charge >= 0.3 is 0 Å². The summed E-state index contributed by atoms with van der Waals surface area (Å²) in [4.78, 5) is 37.1. The second-order valence-electron chi connectivity index (χ2n) is 9.03. The number of carbonyl (C=O) groups is 2. The predicted octanol–water partition coefficient (Wildman–Crippen LogP) is 4.04. The van der Waals surface area contributed by atoms with Gasteiger partial charge in [0.1, 0.15) is 0 Å². The summed E-state index contributed by atoms with van der Waals surface area (Å²) in [5.74, 6) is -0.285. The van der Waals surface area contributed by atoms with Gasteiger partial charge in [-0.05, 0) is 31.0 Å².